The lowest BCUT2D eigenvalue weighted by Gasteiger charge is -2.21. The Balaban J connectivity index is 1.86. The van der Waals surface area contributed by atoms with Crippen molar-refractivity contribution in [1.82, 2.24) is 19.5 Å². The van der Waals surface area contributed by atoms with Crippen LogP contribution in [0.15, 0.2) is 24.3 Å². The van der Waals surface area contributed by atoms with E-state index >= 15 is 0 Å². The lowest BCUT2D eigenvalue weighted by molar-refractivity contribution is -0.131. The average molecular weight is 352 g/mol. The molecule has 5 nitrogen and oxygen atoms in total. The number of aryl methyl sites for hydroxylation is 2. The quantitative estimate of drug-likeness (QED) is 0.644. The minimum absolute atomic E-state index is 0.227. The first-order chi connectivity index (χ1) is 12.6. The van der Waals surface area contributed by atoms with Crippen molar-refractivity contribution in [3.05, 3.63) is 41.2 Å². The van der Waals surface area contributed by atoms with E-state index in [2.05, 4.69) is 19.9 Å². The molecule has 0 aliphatic carbocycles. The van der Waals surface area contributed by atoms with Crippen LogP contribution in [0.2, 0.25) is 0 Å². The molecular weight excluding hydrogens is 324 g/mol. The third-order valence-corrected chi connectivity index (χ3v) is 5.12. The van der Waals surface area contributed by atoms with E-state index in [9.17, 15) is 4.79 Å². The highest BCUT2D eigenvalue weighted by Gasteiger charge is 2.16. The van der Waals surface area contributed by atoms with E-state index in [0.29, 0.717) is 12.8 Å². The predicted octanol–water partition coefficient (Wildman–Crippen LogP) is 4.08. The van der Waals surface area contributed by atoms with E-state index in [4.69, 9.17) is 10.1 Å². The SMILES string of the molecule is CCCCN(CC)C(=O)CCc1c(C)nc2c3ccccc3nn2c1C. The van der Waals surface area contributed by atoms with Gasteiger partial charge in [-0.15, -0.1) is 0 Å². The number of benzene rings is 1. The van der Waals surface area contributed by atoms with E-state index in [0.717, 1.165) is 59.4 Å². The van der Waals surface area contributed by atoms with Gasteiger partial charge in [0.25, 0.3) is 0 Å². The van der Waals surface area contributed by atoms with E-state index in [1.165, 1.54) is 0 Å². The predicted molar refractivity (Wildman–Crippen MR) is 105 cm³/mol. The normalized spacial score (nSPS) is 11.4. The fourth-order valence-electron chi connectivity index (χ4n) is 3.54. The second kappa shape index (κ2) is 7.85. The maximum Gasteiger partial charge on any atom is 0.222 e. The Hall–Kier alpha value is -2.43. The second-order valence-corrected chi connectivity index (χ2v) is 6.84. The molecule has 26 heavy (non-hydrogen) atoms. The van der Waals surface area contributed by atoms with E-state index < -0.39 is 0 Å². The van der Waals surface area contributed by atoms with Crippen molar-refractivity contribution < 1.29 is 4.79 Å². The van der Waals surface area contributed by atoms with Crippen molar-refractivity contribution in [2.24, 2.45) is 0 Å². The number of rotatable bonds is 7. The Bertz CT molecular complexity index is 929. The molecule has 0 aliphatic rings. The average Bonchev–Trinajstić information content (AvgIpc) is 3.01. The molecule has 2 aromatic heterocycles. The molecule has 2 heterocycles. The summed E-state index contributed by atoms with van der Waals surface area (Å²) in [5.74, 6) is 0.227. The number of hydrogen-bond acceptors (Lipinski definition) is 3. The summed E-state index contributed by atoms with van der Waals surface area (Å²) in [6, 6.07) is 8.07. The zero-order valence-corrected chi connectivity index (χ0v) is 16.2. The fourth-order valence-corrected chi connectivity index (χ4v) is 3.54. The number of fused-ring (bicyclic) bond motifs is 3. The van der Waals surface area contributed by atoms with Crippen LogP contribution in [0, 0.1) is 13.8 Å². The number of carbonyl (C=O) groups excluding carboxylic acids is 1. The van der Waals surface area contributed by atoms with Gasteiger partial charge in [-0.1, -0.05) is 25.5 Å². The molecule has 3 rings (SSSR count). The van der Waals surface area contributed by atoms with Gasteiger partial charge in [0.1, 0.15) is 0 Å². The third kappa shape index (κ3) is 3.43. The lowest BCUT2D eigenvalue weighted by atomic mass is 10.1. The van der Waals surface area contributed by atoms with Crippen LogP contribution < -0.4 is 0 Å². The fraction of sp³-hybridized carbons (Fsp3) is 0.476. The van der Waals surface area contributed by atoms with Crippen molar-refractivity contribution in [1.29, 1.82) is 0 Å². The number of nitrogens with zero attached hydrogens (tertiary/aromatic N) is 4. The molecule has 0 atom stereocenters. The molecule has 0 spiro atoms. The van der Waals surface area contributed by atoms with Crippen LogP contribution in [0.5, 0.6) is 0 Å². The third-order valence-electron chi connectivity index (χ3n) is 5.12. The van der Waals surface area contributed by atoms with Crippen LogP contribution in [-0.2, 0) is 11.2 Å². The summed E-state index contributed by atoms with van der Waals surface area (Å²) in [5.41, 5.74) is 5.04. The summed E-state index contributed by atoms with van der Waals surface area (Å²) in [7, 11) is 0. The van der Waals surface area contributed by atoms with Crippen molar-refractivity contribution in [3.8, 4) is 0 Å². The Labute approximate surface area is 155 Å². The van der Waals surface area contributed by atoms with Gasteiger partial charge in [0.15, 0.2) is 5.65 Å². The first kappa shape index (κ1) is 18.4. The van der Waals surface area contributed by atoms with Crippen molar-refractivity contribution in [2.75, 3.05) is 13.1 Å². The molecule has 0 aliphatic heterocycles. The van der Waals surface area contributed by atoms with Gasteiger partial charge < -0.3 is 4.90 Å². The molecule has 0 unspecified atom stereocenters. The molecule has 5 heteroatoms. The zero-order valence-electron chi connectivity index (χ0n) is 16.2. The molecule has 0 N–H and O–H groups in total. The number of hydrogen-bond donors (Lipinski definition) is 0. The summed E-state index contributed by atoms with van der Waals surface area (Å²) in [5, 5.41) is 5.76. The van der Waals surface area contributed by atoms with Crippen molar-refractivity contribution >= 4 is 22.5 Å². The summed E-state index contributed by atoms with van der Waals surface area (Å²) < 4.78 is 1.92. The number of unbranched alkanes of at least 4 members (excludes halogenated alkanes) is 1. The maximum absolute atomic E-state index is 12.6. The van der Waals surface area contributed by atoms with Gasteiger partial charge in [0.05, 0.1) is 5.52 Å². The van der Waals surface area contributed by atoms with Crippen LogP contribution in [0.3, 0.4) is 0 Å². The van der Waals surface area contributed by atoms with Gasteiger partial charge in [0, 0.05) is 36.3 Å². The summed E-state index contributed by atoms with van der Waals surface area (Å²) >= 11 is 0. The van der Waals surface area contributed by atoms with Crippen LogP contribution in [0.1, 0.15) is 50.1 Å². The minimum atomic E-state index is 0.227. The van der Waals surface area contributed by atoms with Gasteiger partial charge in [-0.25, -0.2) is 9.50 Å². The summed E-state index contributed by atoms with van der Waals surface area (Å²) in [4.78, 5) is 19.3. The highest BCUT2D eigenvalue weighted by Crippen LogP contribution is 2.23. The first-order valence-corrected chi connectivity index (χ1v) is 9.58. The van der Waals surface area contributed by atoms with Gasteiger partial charge >= 0.3 is 0 Å². The van der Waals surface area contributed by atoms with Gasteiger partial charge in [-0.05, 0) is 51.3 Å². The van der Waals surface area contributed by atoms with E-state index in [1.54, 1.807) is 0 Å². The second-order valence-electron chi connectivity index (χ2n) is 6.84. The van der Waals surface area contributed by atoms with Crippen LogP contribution in [0.4, 0.5) is 0 Å². The monoisotopic (exact) mass is 352 g/mol. The summed E-state index contributed by atoms with van der Waals surface area (Å²) in [6.45, 7) is 9.93. The topological polar surface area (TPSA) is 50.5 Å². The Morgan fingerprint density at radius 1 is 1.19 bits per heavy atom. The maximum atomic E-state index is 12.6. The number of carbonyl (C=O) groups is 1. The van der Waals surface area contributed by atoms with Crippen molar-refractivity contribution in [3.63, 3.8) is 0 Å². The molecule has 0 radical (unpaired) electrons. The molecule has 1 amide bonds. The standard InChI is InChI=1S/C21H28N4O/c1-5-7-14-24(6-2)20(26)13-12-17-15(3)22-21-18-10-8-9-11-19(18)23-25(21)16(17)4/h8-11H,5-7,12-14H2,1-4H3. The van der Waals surface area contributed by atoms with Crippen LogP contribution in [-0.4, -0.2) is 38.5 Å². The molecule has 138 valence electrons. The highest BCUT2D eigenvalue weighted by atomic mass is 16.2. The number of aromatic nitrogens is 3. The molecule has 0 bridgehead atoms. The van der Waals surface area contributed by atoms with Crippen molar-refractivity contribution in [2.45, 2.75) is 53.4 Å². The Morgan fingerprint density at radius 3 is 2.69 bits per heavy atom. The van der Waals surface area contributed by atoms with Gasteiger partial charge in [-0.2, -0.15) is 5.10 Å². The smallest absolute Gasteiger partial charge is 0.222 e. The molecule has 0 fully saturated rings. The van der Waals surface area contributed by atoms with Crippen LogP contribution in [0.25, 0.3) is 16.6 Å². The van der Waals surface area contributed by atoms with Crippen LogP contribution >= 0.6 is 0 Å². The van der Waals surface area contributed by atoms with E-state index in [1.807, 2.05) is 41.5 Å². The van der Waals surface area contributed by atoms with Gasteiger partial charge in [-0.3, -0.25) is 4.79 Å². The molecule has 1 aromatic carbocycles. The van der Waals surface area contributed by atoms with E-state index in [-0.39, 0.29) is 5.91 Å². The molecule has 0 saturated heterocycles. The highest BCUT2D eigenvalue weighted by molar-refractivity contribution is 5.92. The minimum Gasteiger partial charge on any atom is -0.343 e. The lowest BCUT2D eigenvalue weighted by Crippen LogP contribution is -2.32. The first-order valence-electron chi connectivity index (χ1n) is 9.58. The zero-order chi connectivity index (χ0) is 18.7. The molecule has 3 aromatic rings. The Morgan fingerprint density at radius 2 is 1.96 bits per heavy atom. The van der Waals surface area contributed by atoms with Gasteiger partial charge in [0.2, 0.25) is 5.91 Å². The number of amides is 1. The molecular formula is C21H28N4O. The molecule has 0 saturated carbocycles. The largest absolute Gasteiger partial charge is 0.343 e. The summed E-state index contributed by atoms with van der Waals surface area (Å²) in [6.07, 6.45) is 3.39. The Kier molecular flexibility index (Phi) is 5.55.